The number of hydrogen-bond donors (Lipinski definition) is 1. The number of hydrogen-bond acceptors (Lipinski definition) is 2. The van der Waals surface area contributed by atoms with Crippen molar-refractivity contribution in [3.63, 3.8) is 0 Å². The number of rotatable bonds is 6. The smallest absolute Gasteiger partial charge is 0.252 e. The zero-order valence-corrected chi connectivity index (χ0v) is 15.1. The Kier molecular flexibility index (Phi) is 6.39. The molecule has 0 saturated heterocycles. The third-order valence-electron chi connectivity index (χ3n) is 3.66. The zero-order chi connectivity index (χ0) is 15.9. The second-order valence-corrected chi connectivity index (χ2v) is 6.66. The highest BCUT2D eigenvalue weighted by molar-refractivity contribution is 14.1. The average molecular weight is 408 g/mol. The van der Waals surface area contributed by atoms with E-state index >= 15 is 0 Å². The summed E-state index contributed by atoms with van der Waals surface area (Å²) in [6.45, 7) is 0.631. The molecule has 1 N–H and O–H groups in total. The van der Waals surface area contributed by atoms with Crippen LogP contribution in [0.5, 0.6) is 0 Å². The van der Waals surface area contributed by atoms with E-state index in [2.05, 4.69) is 44.9 Å². The second kappa shape index (κ2) is 8.29. The molecule has 4 heteroatoms. The van der Waals surface area contributed by atoms with Gasteiger partial charge in [-0.05, 0) is 60.8 Å². The summed E-state index contributed by atoms with van der Waals surface area (Å²) >= 11 is 2.19. The van der Waals surface area contributed by atoms with Gasteiger partial charge in [0.25, 0.3) is 5.91 Å². The van der Waals surface area contributed by atoms with Gasteiger partial charge in [0.2, 0.25) is 0 Å². The van der Waals surface area contributed by atoms with Crippen LogP contribution in [0.15, 0.2) is 54.6 Å². The average Bonchev–Trinajstić information content (AvgIpc) is 2.52. The van der Waals surface area contributed by atoms with Crippen molar-refractivity contribution in [3.8, 4) is 0 Å². The number of likely N-dealkylation sites (N-methyl/N-ethyl adjacent to an activating group) is 1. The second-order valence-electron chi connectivity index (χ2n) is 5.50. The third kappa shape index (κ3) is 4.81. The molecule has 3 nitrogen and oxygen atoms in total. The fraction of sp³-hybridized carbons (Fsp3) is 0.278. The quantitative estimate of drug-likeness (QED) is 0.745. The fourth-order valence-electron chi connectivity index (χ4n) is 2.27. The van der Waals surface area contributed by atoms with Gasteiger partial charge in [0, 0.05) is 16.2 Å². The van der Waals surface area contributed by atoms with Crippen LogP contribution >= 0.6 is 22.6 Å². The van der Waals surface area contributed by atoms with Crippen LogP contribution in [0.2, 0.25) is 0 Å². The molecule has 0 bridgehead atoms. The Hall–Kier alpha value is -1.40. The monoisotopic (exact) mass is 408 g/mol. The van der Waals surface area contributed by atoms with E-state index in [9.17, 15) is 4.79 Å². The molecular weight excluding hydrogens is 387 g/mol. The molecule has 0 heterocycles. The molecular formula is C18H21IN2O. The van der Waals surface area contributed by atoms with Crippen molar-refractivity contribution >= 4 is 28.5 Å². The summed E-state index contributed by atoms with van der Waals surface area (Å²) in [6, 6.07) is 18.3. The maximum atomic E-state index is 12.3. The normalized spacial score (nSPS) is 12.2. The first kappa shape index (κ1) is 17.0. The minimum absolute atomic E-state index is 0.00934. The predicted molar refractivity (Wildman–Crippen MR) is 99.1 cm³/mol. The summed E-state index contributed by atoms with van der Waals surface area (Å²) < 4.78 is 0.974. The molecule has 0 aliphatic rings. The molecule has 2 aromatic carbocycles. The molecule has 0 aromatic heterocycles. The fourth-order valence-corrected chi connectivity index (χ4v) is 2.91. The number of carbonyl (C=O) groups is 1. The highest BCUT2D eigenvalue weighted by Crippen LogP contribution is 2.11. The number of nitrogens with one attached hydrogen (secondary N) is 1. The highest BCUT2D eigenvalue weighted by atomic mass is 127. The van der Waals surface area contributed by atoms with Crippen LogP contribution in [0.25, 0.3) is 0 Å². The summed E-state index contributed by atoms with van der Waals surface area (Å²) in [6.07, 6.45) is 0.917. The van der Waals surface area contributed by atoms with Crippen LogP contribution in [0.4, 0.5) is 0 Å². The Bertz CT molecular complexity index is 613. The van der Waals surface area contributed by atoms with Crippen molar-refractivity contribution in [3.05, 3.63) is 69.3 Å². The standard InChI is InChI=1S/C18H21IN2O/c1-21(2)15(12-14-8-4-3-5-9-14)13-20-18(22)16-10-6-7-11-17(16)19/h3-11,15H,12-13H2,1-2H3,(H,20,22). The molecule has 22 heavy (non-hydrogen) atoms. The largest absolute Gasteiger partial charge is 0.350 e. The minimum Gasteiger partial charge on any atom is -0.350 e. The van der Waals surface area contributed by atoms with E-state index in [0.717, 1.165) is 15.6 Å². The first-order valence-corrected chi connectivity index (χ1v) is 8.39. The van der Waals surface area contributed by atoms with Crippen LogP contribution in [0.3, 0.4) is 0 Å². The van der Waals surface area contributed by atoms with Gasteiger partial charge in [-0.3, -0.25) is 4.79 Å². The summed E-state index contributed by atoms with van der Waals surface area (Å²) in [7, 11) is 4.10. The molecule has 0 radical (unpaired) electrons. The first-order chi connectivity index (χ1) is 10.6. The van der Waals surface area contributed by atoms with Crippen molar-refractivity contribution in [2.24, 2.45) is 0 Å². The molecule has 1 unspecified atom stereocenters. The number of amides is 1. The minimum atomic E-state index is -0.00934. The molecule has 1 amide bonds. The van der Waals surface area contributed by atoms with Crippen LogP contribution in [0, 0.1) is 3.57 Å². The summed E-state index contributed by atoms with van der Waals surface area (Å²) in [5, 5.41) is 3.06. The topological polar surface area (TPSA) is 32.3 Å². The lowest BCUT2D eigenvalue weighted by molar-refractivity contribution is 0.0941. The van der Waals surface area contributed by atoms with E-state index in [1.165, 1.54) is 5.56 Å². The van der Waals surface area contributed by atoms with Gasteiger partial charge in [0.05, 0.1) is 5.56 Å². The van der Waals surface area contributed by atoms with E-state index in [4.69, 9.17) is 0 Å². The van der Waals surface area contributed by atoms with E-state index in [1.807, 2.05) is 56.6 Å². The van der Waals surface area contributed by atoms with Crippen molar-refractivity contribution in [2.75, 3.05) is 20.6 Å². The Balaban J connectivity index is 1.97. The Morgan fingerprint density at radius 3 is 2.36 bits per heavy atom. The SMILES string of the molecule is CN(C)C(CNC(=O)c1ccccc1I)Cc1ccccc1. The lowest BCUT2D eigenvalue weighted by Crippen LogP contribution is -2.41. The molecule has 0 fully saturated rings. The number of nitrogens with zero attached hydrogens (tertiary/aromatic N) is 1. The highest BCUT2D eigenvalue weighted by Gasteiger charge is 2.15. The van der Waals surface area contributed by atoms with Gasteiger partial charge >= 0.3 is 0 Å². The maximum Gasteiger partial charge on any atom is 0.252 e. The lowest BCUT2D eigenvalue weighted by Gasteiger charge is -2.25. The first-order valence-electron chi connectivity index (χ1n) is 7.31. The van der Waals surface area contributed by atoms with E-state index in [1.54, 1.807) is 0 Å². The van der Waals surface area contributed by atoms with Crippen molar-refractivity contribution in [1.29, 1.82) is 0 Å². The van der Waals surface area contributed by atoms with Gasteiger partial charge < -0.3 is 10.2 Å². The molecule has 0 aliphatic heterocycles. The van der Waals surface area contributed by atoms with Crippen molar-refractivity contribution < 1.29 is 4.79 Å². The van der Waals surface area contributed by atoms with Gasteiger partial charge in [-0.25, -0.2) is 0 Å². The molecule has 0 saturated carbocycles. The van der Waals surface area contributed by atoms with Crippen LogP contribution in [0.1, 0.15) is 15.9 Å². The van der Waals surface area contributed by atoms with Gasteiger partial charge in [-0.1, -0.05) is 42.5 Å². The third-order valence-corrected chi connectivity index (χ3v) is 4.60. The van der Waals surface area contributed by atoms with E-state index in [-0.39, 0.29) is 11.9 Å². The number of carbonyl (C=O) groups excluding carboxylic acids is 1. The maximum absolute atomic E-state index is 12.3. The van der Waals surface area contributed by atoms with Gasteiger partial charge in [0.1, 0.15) is 0 Å². The summed E-state index contributed by atoms with van der Waals surface area (Å²) in [5.41, 5.74) is 2.02. The van der Waals surface area contributed by atoms with Crippen molar-refractivity contribution in [1.82, 2.24) is 10.2 Å². The van der Waals surface area contributed by atoms with Crippen LogP contribution in [-0.2, 0) is 6.42 Å². The van der Waals surface area contributed by atoms with Crippen LogP contribution < -0.4 is 5.32 Å². The van der Waals surface area contributed by atoms with Gasteiger partial charge in [-0.15, -0.1) is 0 Å². The van der Waals surface area contributed by atoms with E-state index in [0.29, 0.717) is 6.54 Å². The summed E-state index contributed by atoms with van der Waals surface area (Å²) in [5.74, 6) is -0.00934. The summed E-state index contributed by atoms with van der Waals surface area (Å²) in [4.78, 5) is 14.5. The van der Waals surface area contributed by atoms with Crippen LogP contribution in [-0.4, -0.2) is 37.5 Å². The van der Waals surface area contributed by atoms with Crippen molar-refractivity contribution in [2.45, 2.75) is 12.5 Å². The molecule has 0 spiro atoms. The lowest BCUT2D eigenvalue weighted by atomic mass is 10.1. The molecule has 2 aromatic rings. The molecule has 2 rings (SSSR count). The van der Waals surface area contributed by atoms with E-state index < -0.39 is 0 Å². The van der Waals surface area contributed by atoms with Gasteiger partial charge in [-0.2, -0.15) is 0 Å². The number of benzene rings is 2. The molecule has 116 valence electrons. The number of halogens is 1. The molecule has 1 atom stereocenters. The zero-order valence-electron chi connectivity index (χ0n) is 12.9. The Morgan fingerprint density at radius 2 is 1.73 bits per heavy atom. The van der Waals surface area contributed by atoms with Gasteiger partial charge in [0.15, 0.2) is 0 Å². The Labute approximate surface area is 145 Å². The Morgan fingerprint density at radius 1 is 1.09 bits per heavy atom. The predicted octanol–water partition coefficient (Wildman–Crippen LogP) is 3.19. The molecule has 0 aliphatic carbocycles.